The van der Waals surface area contributed by atoms with Crippen molar-refractivity contribution < 1.29 is 23.8 Å². The Bertz CT molecular complexity index is 585. The number of anilines is 1. The lowest BCUT2D eigenvalue weighted by molar-refractivity contribution is -0.137. The Morgan fingerprint density at radius 1 is 1.25 bits per heavy atom. The first kappa shape index (κ1) is 20.0. The molecule has 1 unspecified atom stereocenters. The van der Waals surface area contributed by atoms with Crippen LogP contribution in [0.2, 0.25) is 0 Å². The normalized spacial score (nSPS) is 13.3. The van der Waals surface area contributed by atoms with Crippen LogP contribution in [0.25, 0.3) is 0 Å². The number of ether oxygens (including phenoxy) is 3. The molecule has 134 valence electrons. The SMILES string of the molecule is CCOC(=O)c1cc(NC(=O)C(C)(CC(C)C)OC)ccc1OC. The van der Waals surface area contributed by atoms with Gasteiger partial charge in [0.25, 0.3) is 5.91 Å². The average molecular weight is 337 g/mol. The highest BCUT2D eigenvalue weighted by molar-refractivity contribution is 5.99. The Kier molecular flexibility index (Phi) is 7.22. The van der Waals surface area contributed by atoms with Crippen LogP contribution in [0, 0.1) is 5.92 Å². The van der Waals surface area contributed by atoms with Gasteiger partial charge in [0.1, 0.15) is 16.9 Å². The number of methoxy groups -OCH3 is 2. The largest absolute Gasteiger partial charge is 0.496 e. The number of amides is 1. The molecule has 1 aromatic rings. The summed E-state index contributed by atoms with van der Waals surface area (Å²) in [6.07, 6.45) is 0.580. The molecule has 1 rings (SSSR count). The molecule has 0 bridgehead atoms. The van der Waals surface area contributed by atoms with Gasteiger partial charge >= 0.3 is 5.97 Å². The minimum Gasteiger partial charge on any atom is -0.496 e. The van der Waals surface area contributed by atoms with E-state index < -0.39 is 11.6 Å². The van der Waals surface area contributed by atoms with Crippen molar-refractivity contribution >= 4 is 17.6 Å². The molecule has 1 atom stereocenters. The van der Waals surface area contributed by atoms with Gasteiger partial charge in [-0.05, 0) is 44.4 Å². The van der Waals surface area contributed by atoms with E-state index in [0.717, 1.165) is 0 Å². The van der Waals surface area contributed by atoms with Gasteiger partial charge in [-0.15, -0.1) is 0 Å². The predicted molar refractivity (Wildman–Crippen MR) is 92.4 cm³/mol. The standard InChI is InChI=1S/C18H27NO5/c1-7-24-16(20)14-10-13(8-9-15(14)22-5)19-17(21)18(4,23-6)11-12(2)3/h8-10,12H,7,11H2,1-6H3,(H,19,21). The predicted octanol–water partition coefficient (Wildman–Crippen LogP) is 3.26. The highest BCUT2D eigenvalue weighted by Crippen LogP contribution is 2.26. The van der Waals surface area contributed by atoms with E-state index in [2.05, 4.69) is 5.32 Å². The summed E-state index contributed by atoms with van der Waals surface area (Å²) in [7, 11) is 2.99. The van der Waals surface area contributed by atoms with Crippen LogP contribution in [-0.4, -0.2) is 38.3 Å². The molecule has 0 heterocycles. The molecule has 1 aromatic carbocycles. The van der Waals surface area contributed by atoms with Gasteiger partial charge in [0.15, 0.2) is 0 Å². The van der Waals surface area contributed by atoms with Gasteiger partial charge in [0, 0.05) is 12.8 Å². The average Bonchev–Trinajstić information content (AvgIpc) is 2.54. The summed E-state index contributed by atoms with van der Waals surface area (Å²) < 4.78 is 15.6. The highest BCUT2D eigenvalue weighted by Gasteiger charge is 2.34. The smallest absolute Gasteiger partial charge is 0.341 e. The Balaban J connectivity index is 3.04. The minimum absolute atomic E-state index is 0.259. The molecule has 6 heteroatoms. The van der Waals surface area contributed by atoms with Crippen LogP contribution in [-0.2, 0) is 14.3 Å². The quantitative estimate of drug-likeness (QED) is 0.737. The molecule has 1 N–H and O–H groups in total. The molecule has 0 spiro atoms. The third-order valence-corrected chi connectivity index (χ3v) is 3.68. The van der Waals surface area contributed by atoms with Crippen molar-refractivity contribution in [1.29, 1.82) is 0 Å². The molecular formula is C18H27NO5. The number of esters is 1. The van der Waals surface area contributed by atoms with Gasteiger partial charge in [-0.3, -0.25) is 4.79 Å². The summed E-state index contributed by atoms with van der Waals surface area (Å²) in [4.78, 5) is 24.6. The Hall–Kier alpha value is -2.08. The van der Waals surface area contributed by atoms with Crippen LogP contribution < -0.4 is 10.1 Å². The zero-order valence-electron chi connectivity index (χ0n) is 15.3. The number of carbonyl (C=O) groups excluding carboxylic acids is 2. The molecule has 0 aromatic heterocycles. The maximum Gasteiger partial charge on any atom is 0.341 e. The Morgan fingerprint density at radius 2 is 1.92 bits per heavy atom. The third-order valence-electron chi connectivity index (χ3n) is 3.68. The molecule has 0 saturated heterocycles. The van der Waals surface area contributed by atoms with Crippen LogP contribution in [0.5, 0.6) is 5.75 Å². The van der Waals surface area contributed by atoms with Gasteiger partial charge in [0.05, 0.1) is 13.7 Å². The van der Waals surface area contributed by atoms with Crippen molar-refractivity contribution in [3.63, 3.8) is 0 Å². The highest BCUT2D eigenvalue weighted by atomic mass is 16.5. The fourth-order valence-corrected chi connectivity index (χ4v) is 2.47. The number of carbonyl (C=O) groups is 2. The van der Waals surface area contributed by atoms with E-state index in [4.69, 9.17) is 14.2 Å². The topological polar surface area (TPSA) is 73.9 Å². The molecule has 0 aliphatic rings. The van der Waals surface area contributed by atoms with E-state index in [-0.39, 0.29) is 18.1 Å². The van der Waals surface area contributed by atoms with Crippen LogP contribution in [0.3, 0.4) is 0 Å². The first-order valence-electron chi connectivity index (χ1n) is 7.99. The molecule has 6 nitrogen and oxygen atoms in total. The molecular weight excluding hydrogens is 310 g/mol. The lowest BCUT2D eigenvalue weighted by Crippen LogP contribution is -2.43. The first-order valence-corrected chi connectivity index (χ1v) is 7.99. The maximum absolute atomic E-state index is 12.6. The molecule has 24 heavy (non-hydrogen) atoms. The Morgan fingerprint density at radius 3 is 2.42 bits per heavy atom. The fourth-order valence-electron chi connectivity index (χ4n) is 2.47. The Labute approximate surface area is 143 Å². The lowest BCUT2D eigenvalue weighted by Gasteiger charge is -2.28. The van der Waals surface area contributed by atoms with Gasteiger partial charge in [-0.2, -0.15) is 0 Å². The summed E-state index contributed by atoms with van der Waals surface area (Å²) >= 11 is 0. The van der Waals surface area contributed by atoms with Gasteiger partial charge < -0.3 is 19.5 Å². The number of hydrogen-bond acceptors (Lipinski definition) is 5. The van der Waals surface area contributed by atoms with Gasteiger partial charge in [-0.1, -0.05) is 13.8 Å². The van der Waals surface area contributed by atoms with Crippen LogP contribution in [0.4, 0.5) is 5.69 Å². The summed E-state index contributed by atoms with van der Waals surface area (Å²) in [5.41, 5.74) is -0.200. The second-order valence-corrected chi connectivity index (χ2v) is 6.12. The van der Waals surface area contributed by atoms with Crippen LogP contribution >= 0.6 is 0 Å². The zero-order chi connectivity index (χ0) is 18.3. The second-order valence-electron chi connectivity index (χ2n) is 6.12. The zero-order valence-corrected chi connectivity index (χ0v) is 15.3. The van der Waals surface area contributed by atoms with Crippen molar-refractivity contribution in [3.8, 4) is 5.75 Å². The van der Waals surface area contributed by atoms with Crippen molar-refractivity contribution in [2.24, 2.45) is 5.92 Å². The molecule has 0 radical (unpaired) electrons. The van der Waals surface area contributed by atoms with Crippen molar-refractivity contribution in [2.45, 2.75) is 39.7 Å². The van der Waals surface area contributed by atoms with E-state index in [9.17, 15) is 9.59 Å². The summed E-state index contributed by atoms with van der Waals surface area (Å²) in [6, 6.07) is 4.83. The fraction of sp³-hybridized carbons (Fsp3) is 0.556. The van der Waals surface area contributed by atoms with Crippen molar-refractivity contribution in [3.05, 3.63) is 23.8 Å². The second kappa shape index (κ2) is 8.68. The number of nitrogens with one attached hydrogen (secondary N) is 1. The van der Waals surface area contributed by atoms with E-state index in [0.29, 0.717) is 23.8 Å². The molecule has 0 fully saturated rings. The molecule has 0 saturated carbocycles. The van der Waals surface area contributed by atoms with E-state index >= 15 is 0 Å². The van der Waals surface area contributed by atoms with E-state index in [1.165, 1.54) is 14.2 Å². The van der Waals surface area contributed by atoms with E-state index in [1.54, 1.807) is 32.0 Å². The van der Waals surface area contributed by atoms with Crippen molar-refractivity contribution in [2.75, 3.05) is 26.1 Å². The monoisotopic (exact) mass is 337 g/mol. The molecule has 0 aliphatic heterocycles. The molecule has 1 amide bonds. The summed E-state index contributed by atoms with van der Waals surface area (Å²) in [6.45, 7) is 7.78. The third kappa shape index (κ3) is 4.96. The number of hydrogen-bond donors (Lipinski definition) is 1. The molecule has 0 aliphatic carbocycles. The lowest BCUT2D eigenvalue weighted by atomic mass is 9.93. The van der Waals surface area contributed by atoms with Crippen LogP contribution in [0.1, 0.15) is 44.5 Å². The number of rotatable bonds is 8. The maximum atomic E-state index is 12.6. The van der Waals surface area contributed by atoms with Crippen molar-refractivity contribution in [1.82, 2.24) is 0 Å². The summed E-state index contributed by atoms with van der Waals surface area (Å²) in [5.74, 6) is -0.0735. The van der Waals surface area contributed by atoms with E-state index in [1.807, 2.05) is 13.8 Å². The van der Waals surface area contributed by atoms with Crippen LogP contribution in [0.15, 0.2) is 18.2 Å². The summed E-state index contributed by atoms with van der Waals surface area (Å²) in [5, 5.41) is 2.80. The minimum atomic E-state index is -0.946. The first-order chi connectivity index (χ1) is 11.3. The van der Waals surface area contributed by atoms with Gasteiger partial charge in [0.2, 0.25) is 0 Å². The number of benzene rings is 1. The van der Waals surface area contributed by atoms with Gasteiger partial charge in [-0.25, -0.2) is 4.79 Å².